The van der Waals surface area contributed by atoms with Crippen molar-refractivity contribution in [2.75, 3.05) is 0 Å². The van der Waals surface area contributed by atoms with E-state index in [2.05, 4.69) is 27.0 Å². The highest BCUT2D eigenvalue weighted by Gasteiger charge is 1.82. The fraction of sp³-hybridized carbons (Fsp3) is 0. The third kappa shape index (κ3) is 1.22. The first-order chi connectivity index (χ1) is 3.39. The van der Waals surface area contributed by atoms with E-state index in [1.54, 1.807) is 6.20 Å². The molecule has 0 aromatic heterocycles. The third-order valence-corrected chi connectivity index (χ3v) is 1.11. The maximum Gasteiger partial charge on any atom is 0.0830 e. The van der Waals surface area contributed by atoms with Gasteiger partial charge >= 0.3 is 0 Å². The van der Waals surface area contributed by atoms with Crippen molar-refractivity contribution in [3.63, 3.8) is 0 Å². The average Bonchev–Trinajstić information content (AvgIpc) is 1.69. The van der Waals surface area contributed by atoms with Crippen LogP contribution in [0.4, 0.5) is 0 Å². The molecule has 0 fully saturated rings. The Bertz CT molecular complexity index is 151. The molecule has 2 heteroatoms. The van der Waals surface area contributed by atoms with Crippen LogP contribution in [-0.2, 0) is 0 Å². The summed E-state index contributed by atoms with van der Waals surface area (Å²) in [4.78, 5) is 0. The van der Waals surface area contributed by atoms with Gasteiger partial charge in [0.15, 0.2) is 0 Å². The van der Waals surface area contributed by atoms with E-state index in [1.807, 2.05) is 12.2 Å². The van der Waals surface area contributed by atoms with E-state index in [0.29, 0.717) is 0 Å². The zero-order valence-electron chi connectivity index (χ0n) is 3.61. The van der Waals surface area contributed by atoms with Crippen LogP contribution in [-0.4, -0.2) is 0 Å². The number of nitrogens with one attached hydrogen (secondary N) is 1. The quantitative estimate of drug-likeness (QED) is 0.416. The molecule has 0 radical (unpaired) electrons. The van der Waals surface area contributed by atoms with Crippen molar-refractivity contribution in [2.45, 2.75) is 0 Å². The Kier molecular flexibility index (Phi) is 1.35. The summed E-state index contributed by atoms with van der Waals surface area (Å²) >= 11 is 3.24. The molecule has 1 aliphatic heterocycles. The number of halogens is 1. The molecule has 0 unspecified atom stereocenters. The normalized spacial score (nSPS) is 15.9. The molecule has 1 N–H and O–H groups in total. The lowest BCUT2D eigenvalue weighted by Crippen LogP contribution is -1.97. The Morgan fingerprint density at radius 2 is 2.57 bits per heavy atom. The summed E-state index contributed by atoms with van der Waals surface area (Å²) in [6.07, 6.45) is 5.46. The zero-order valence-corrected chi connectivity index (χ0v) is 5.20. The minimum Gasteiger partial charge on any atom is -0.349 e. The molecule has 0 aliphatic carbocycles. The topological polar surface area (TPSA) is 12.0 Å². The van der Waals surface area contributed by atoms with Gasteiger partial charge in [-0.05, 0) is 28.1 Å². The second-order valence-electron chi connectivity index (χ2n) is 1.14. The fourth-order valence-corrected chi connectivity index (χ4v) is 0.575. The number of hydrogen-bond donors (Lipinski definition) is 1. The molecule has 0 amide bonds. The first-order valence-electron chi connectivity index (χ1n) is 1.93. The maximum atomic E-state index is 3.24. The molecule has 0 atom stereocenters. The second kappa shape index (κ2) is 2.01. The van der Waals surface area contributed by atoms with Crippen molar-refractivity contribution in [3.05, 3.63) is 28.7 Å². The molecule has 0 bridgehead atoms. The number of hydrogen-bond acceptors (Lipinski definition) is 1. The summed E-state index contributed by atoms with van der Waals surface area (Å²) < 4.78 is 0.978. The van der Waals surface area contributed by atoms with Crippen LogP contribution < -0.4 is 5.32 Å². The van der Waals surface area contributed by atoms with Gasteiger partial charge in [-0.15, -0.1) is 5.73 Å². The average molecular weight is 158 g/mol. The summed E-state index contributed by atoms with van der Waals surface area (Å²) in [6, 6.07) is 0. The Labute approximate surface area is 50.5 Å². The Morgan fingerprint density at radius 1 is 1.71 bits per heavy atom. The molecule has 0 saturated carbocycles. The van der Waals surface area contributed by atoms with Crippen LogP contribution in [0.15, 0.2) is 28.7 Å². The van der Waals surface area contributed by atoms with E-state index in [1.165, 1.54) is 0 Å². The van der Waals surface area contributed by atoms with Crippen molar-refractivity contribution in [3.8, 4) is 0 Å². The smallest absolute Gasteiger partial charge is 0.0830 e. The molecule has 7 heavy (non-hydrogen) atoms. The van der Waals surface area contributed by atoms with Gasteiger partial charge in [-0.3, -0.25) is 0 Å². The van der Waals surface area contributed by atoms with Crippen LogP contribution in [0.2, 0.25) is 0 Å². The van der Waals surface area contributed by atoms with Crippen LogP contribution in [0, 0.1) is 0 Å². The Morgan fingerprint density at radius 3 is 2.86 bits per heavy atom. The predicted octanol–water partition coefficient (Wildman–Crippen LogP) is 1.49. The van der Waals surface area contributed by atoms with Gasteiger partial charge in [-0.1, -0.05) is 0 Å². The maximum absolute atomic E-state index is 3.24. The first kappa shape index (κ1) is 4.69. The second-order valence-corrected chi connectivity index (χ2v) is 1.99. The highest BCUT2D eigenvalue weighted by molar-refractivity contribution is 9.11. The van der Waals surface area contributed by atoms with Crippen LogP contribution in [0.1, 0.15) is 0 Å². The van der Waals surface area contributed by atoms with Gasteiger partial charge in [-0.2, -0.15) is 0 Å². The van der Waals surface area contributed by atoms with E-state index < -0.39 is 0 Å². The molecule has 1 aliphatic rings. The molecule has 1 nitrogen and oxygen atoms in total. The van der Waals surface area contributed by atoms with Crippen molar-refractivity contribution in [2.24, 2.45) is 0 Å². The summed E-state index contributed by atoms with van der Waals surface area (Å²) in [6.45, 7) is 0. The zero-order chi connectivity index (χ0) is 5.11. The number of allylic oxidation sites excluding steroid dienone is 2. The van der Waals surface area contributed by atoms with E-state index in [9.17, 15) is 0 Å². The fourth-order valence-electron chi connectivity index (χ4n) is 0.328. The molecule has 0 saturated heterocycles. The van der Waals surface area contributed by atoms with Crippen LogP contribution in [0.25, 0.3) is 0 Å². The van der Waals surface area contributed by atoms with Gasteiger partial charge in [0.25, 0.3) is 0 Å². The molecule has 0 aromatic rings. The van der Waals surface area contributed by atoms with E-state index in [4.69, 9.17) is 0 Å². The van der Waals surface area contributed by atoms with E-state index >= 15 is 0 Å². The van der Waals surface area contributed by atoms with Crippen molar-refractivity contribution >= 4 is 15.9 Å². The van der Waals surface area contributed by atoms with Crippen LogP contribution in [0.5, 0.6) is 0 Å². The van der Waals surface area contributed by atoms with Gasteiger partial charge in [0, 0.05) is 6.20 Å². The van der Waals surface area contributed by atoms with Gasteiger partial charge in [0.1, 0.15) is 0 Å². The van der Waals surface area contributed by atoms with Gasteiger partial charge in [-0.25, -0.2) is 0 Å². The number of rotatable bonds is 0. The van der Waals surface area contributed by atoms with Crippen molar-refractivity contribution in [1.82, 2.24) is 5.32 Å². The lowest BCUT2D eigenvalue weighted by molar-refractivity contribution is 1.17. The van der Waals surface area contributed by atoms with E-state index in [-0.39, 0.29) is 0 Å². The molecule has 0 spiro atoms. The third-order valence-electron chi connectivity index (χ3n) is 0.619. The molecular formula is C5H4BrN. The standard InChI is InChI=1S/C5H4BrN/c6-5-3-1-2-4-7-5/h1,3-4,7H. The summed E-state index contributed by atoms with van der Waals surface area (Å²) in [5.74, 6) is 0. The summed E-state index contributed by atoms with van der Waals surface area (Å²) in [5, 5.41) is 2.89. The van der Waals surface area contributed by atoms with Gasteiger partial charge in [0.05, 0.1) is 4.61 Å². The predicted molar refractivity (Wildman–Crippen MR) is 32.8 cm³/mol. The Balaban J connectivity index is 2.77. The minimum absolute atomic E-state index is 0.978. The Hall–Kier alpha value is -0.460. The molecule has 0 aromatic carbocycles. The molecule has 36 valence electrons. The summed E-state index contributed by atoms with van der Waals surface area (Å²) in [7, 11) is 0. The largest absolute Gasteiger partial charge is 0.349 e. The van der Waals surface area contributed by atoms with Crippen molar-refractivity contribution < 1.29 is 0 Å². The SMILES string of the molecule is BrC1=CC=C=CN1. The van der Waals surface area contributed by atoms with Gasteiger partial charge < -0.3 is 5.32 Å². The minimum atomic E-state index is 0.978. The molecule has 1 rings (SSSR count). The lowest BCUT2D eigenvalue weighted by atomic mass is 10.5. The molecule has 1 heterocycles. The first-order valence-corrected chi connectivity index (χ1v) is 2.72. The highest BCUT2D eigenvalue weighted by Crippen LogP contribution is 2.00. The van der Waals surface area contributed by atoms with Gasteiger partial charge in [0.2, 0.25) is 0 Å². The lowest BCUT2D eigenvalue weighted by Gasteiger charge is -1.94. The highest BCUT2D eigenvalue weighted by atomic mass is 79.9. The van der Waals surface area contributed by atoms with E-state index in [0.717, 1.165) is 4.61 Å². The summed E-state index contributed by atoms with van der Waals surface area (Å²) in [5.41, 5.74) is 2.85. The molecular weight excluding hydrogens is 154 g/mol. The van der Waals surface area contributed by atoms with Crippen LogP contribution in [0.3, 0.4) is 0 Å². The monoisotopic (exact) mass is 157 g/mol. The van der Waals surface area contributed by atoms with Crippen LogP contribution >= 0.6 is 15.9 Å². The van der Waals surface area contributed by atoms with Crippen molar-refractivity contribution in [1.29, 1.82) is 0 Å².